The average molecular weight is 214 g/mol. The summed E-state index contributed by atoms with van der Waals surface area (Å²) in [5, 5.41) is 0. The van der Waals surface area contributed by atoms with E-state index in [1.54, 1.807) is 0 Å². The summed E-state index contributed by atoms with van der Waals surface area (Å²) in [4.78, 5) is 2.74. The molecule has 0 spiro atoms. The number of nitrogens with zero attached hydrogens (tertiary/aromatic N) is 1. The summed E-state index contributed by atoms with van der Waals surface area (Å²) in [5.74, 6) is 1.28. The fourth-order valence-electron chi connectivity index (χ4n) is 3.08. The lowest BCUT2D eigenvalue weighted by Gasteiger charge is -2.48. The van der Waals surface area contributed by atoms with E-state index in [1.165, 1.54) is 44.4 Å². The predicted octanol–water partition coefficient (Wildman–Crippen LogP) is 1.69. The van der Waals surface area contributed by atoms with E-state index in [0.29, 0.717) is 6.04 Å². The van der Waals surface area contributed by atoms with Gasteiger partial charge in [-0.05, 0) is 31.9 Å². The fourth-order valence-corrected chi connectivity index (χ4v) is 3.48. The van der Waals surface area contributed by atoms with Crippen molar-refractivity contribution in [3.63, 3.8) is 0 Å². The topological polar surface area (TPSA) is 29.3 Å². The molecule has 0 aromatic carbocycles. The first-order valence-corrected chi connectivity index (χ1v) is 7.21. The molecule has 3 heteroatoms. The van der Waals surface area contributed by atoms with Crippen LogP contribution in [0.3, 0.4) is 0 Å². The summed E-state index contributed by atoms with van der Waals surface area (Å²) < 4.78 is 0. The molecule has 2 rings (SSSR count). The smallest absolute Gasteiger partial charge is 0.0113 e. The minimum absolute atomic E-state index is 0.482. The van der Waals surface area contributed by atoms with Crippen LogP contribution in [0.25, 0.3) is 0 Å². The van der Waals surface area contributed by atoms with Crippen molar-refractivity contribution in [1.29, 1.82) is 0 Å². The molecule has 2 aliphatic heterocycles. The highest BCUT2D eigenvalue weighted by Crippen LogP contribution is 2.33. The van der Waals surface area contributed by atoms with E-state index in [9.17, 15) is 0 Å². The molecular weight excluding hydrogens is 192 g/mol. The van der Waals surface area contributed by atoms with Gasteiger partial charge < -0.3 is 5.73 Å². The summed E-state index contributed by atoms with van der Waals surface area (Å²) in [6.45, 7) is 1.28. The number of hydrogen-bond donors (Lipinski definition) is 1. The molecule has 0 amide bonds. The molecule has 2 saturated heterocycles. The first-order valence-electron chi connectivity index (χ1n) is 5.81. The van der Waals surface area contributed by atoms with Crippen molar-refractivity contribution in [3.8, 4) is 0 Å². The van der Waals surface area contributed by atoms with Crippen LogP contribution >= 0.6 is 11.8 Å². The van der Waals surface area contributed by atoms with Crippen molar-refractivity contribution in [2.24, 2.45) is 5.73 Å². The van der Waals surface area contributed by atoms with Crippen molar-refractivity contribution < 1.29 is 0 Å². The quantitative estimate of drug-likeness (QED) is 0.775. The van der Waals surface area contributed by atoms with Gasteiger partial charge in [0.25, 0.3) is 0 Å². The van der Waals surface area contributed by atoms with Crippen LogP contribution in [-0.2, 0) is 0 Å². The largest absolute Gasteiger partial charge is 0.328 e. The Labute approximate surface area is 91.6 Å². The Bertz CT molecular complexity index is 172. The molecule has 14 heavy (non-hydrogen) atoms. The second-order valence-corrected chi connectivity index (χ2v) is 5.69. The molecule has 2 unspecified atom stereocenters. The lowest BCUT2D eigenvalue weighted by atomic mass is 9.82. The highest BCUT2D eigenvalue weighted by Gasteiger charge is 2.36. The van der Waals surface area contributed by atoms with Crippen molar-refractivity contribution in [2.45, 2.75) is 50.2 Å². The molecule has 0 aromatic rings. The van der Waals surface area contributed by atoms with Gasteiger partial charge >= 0.3 is 0 Å². The Hall–Kier alpha value is 0.270. The lowest BCUT2D eigenvalue weighted by molar-refractivity contribution is 0.0377. The van der Waals surface area contributed by atoms with E-state index in [0.717, 1.165) is 12.1 Å². The third kappa shape index (κ3) is 2.26. The van der Waals surface area contributed by atoms with Gasteiger partial charge in [0.15, 0.2) is 0 Å². The van der Waals surface area contributed by atoms with Gasteiger partial charge in [-0.2, -0.15) is 11.8 Å². The number of nitrogens with two attached hydrogens (primary N) is 1. The van der Waals surface area contributed by atoms with Crippen molar-refractivity contribution in [3.05, 3.63) is 0 Å². The lowest BCUT2D eigenvalue weighted by Crippen LogP contribution is -2.55. The molecule has 0 aromatic heterocycles. The Kier molecular flexibility index (Phi) is 3.74. The van der Waals surface area contributed by atoms with Gasteiger partial charge in [0.2, 0.25) is 0 Å². The Morgan fingerprint density at radius 2 is 1.93 bits per heavy atom. The monoisotopic (exact) mass is 214 g/mol. The second kappa shape index (κ2) is 4.86. The van der Waals surface area contributed by atoms with E-state index in [2.05, 4.69) is 11.2 Å². The number of thioether (sulfide) groups is 1. The van der Waals surface area contributed by atoms with E-state index in [1.807, 2.05) is 11.8 Å². The standard InChI is InChI=1S/C11H22N2S/c1-14-6-5-13-10-3-2-4-11(13)8-9(12)7-10/h9-11H,2-8,12H2,1H3. The SMILES string of the molecule is CSCCN1C2CCCC1CC(N)C2. The molecule has 0 aliphatic carbocycles. The fraction of sp³-hybridized carbons (Fsp3) is 1.00. The van der Waals surface area contributed by atoms with Crippen molar-refractivity contribution in [1.82, 2.24) is 4.90 Å². The predicted molar refractivity (Wildman–Crippen MR) is 63.7 cm³/mol. The number of piperidine rings is 2. The van der Waals surface area contributed by atoms with Gasteiger partial charge in [-0.3, -0.25) is 4.90 Å². The molecule has 2 bridgehead atoms. The maximum Gasteiger partial charge on any atom is 0.0113 e. The Morgan fingerprint density at radius 1 is 1.29 bits per heavy atom. The minimum Gasteiger partial charge on any atom is -0.328 e. The third-order valence-corrected chi connectivity index (χ3v) is 4.31. The molecule has 2 heterocycles. The summed E-state index contributed by atoms with van der Waals surface area (Å²) in [6, 6.07) is 2.10. The molecule has 2 N–H and O–H groups in total. The van der Waals surface area contributed by atoms with Crippen LogP contribution in [0.1, 0.15) is 32.1 Å². The Morgan fingerprint density at radius 3 is 2.50 bits per heavy atom. The van der Waals surface area contributed by atoms with Crippen LogP contribution in [-0.4, -0.2) is 41.6 Å². The van der Waals surface area contributed by atoms with Crippen LogP contribution in [0.2, 0.25) is 0 Å². The summed E-state index contributed by atoms with van der Waals surface area (Å²) >= 11 is 1.96. The normalized spacial score (nSPS) is 38.6. The van der Waals surface area contributed by atoms with Gasteiger partial charge in [-0.25, -0.2) is 0 Å². The number of rotatable bonds is 3. The zero-order valence-corrected chi connectivity index (χ0v) is 9.93. The van der Waals surface area contributed by atoms with E-state index >= 15 is 0 Å². The summed E-state index contributed by atoms with van der Waals surface area (Å²) in [7, 11) is 0. The minimum atomic E-state index is 0.482. The number of hydrogen-bond acceptors (Lipinski definition) is 3. The van der Waals surface area contributed by atoms with Gasteiger partial charge in [0.1, 0.15) is 0 Å². The van der Waals surface area contributed by atoms with E-state index in [-0.39, 0.29) is 0 Å². The van der Waals surface area contributed by atoms with E-state index in [4.69, 9.17) is 5.73 Å². The molecule has 2 atom stereocenters. The molecule has 0 saturated carbocycles. The molecular formula is C11H22N2S. The molecule has 82 valence electrons. The van der Waals surface area contributed by atoms with Crippen molar-refractivity contribution in [2.75, 3.05) is 18.6 Å². The van der Waals surface area contributed by atoms with Gasteiger partial charge in [0, 0.05) is 30.4 Å². The van der Waals surface area contributed by atoms with Gasteiger partial charge in [-0.1, -0.05) is 6.42 Å². The Balaban J connectivity index is 1.94. The first-order chi connectivity index (χ1) is 6.81. The van der Waals surface area contributed by atoms with Crippen LogP contribution in [0.4, 0.5) is 0 Å². The number of fused-ring (bicyclic) bond motifs is 2. The summed E-state index contributed by atoms with van der Waals surface area (Å²) in [5.41, 5.74) is 6.08. The van der Waals surface area contributed by atoms with E-state index < -0.39 is 0 Å². The van der Waals surface area contributed by atoms with Gasteiger partial charge in [-0.15, -0.1) is 0 Å². The van der Waals surface area contributed by atoms with Crippen LogP contribution in [0, 0.1) is 0 Å². The zero-order chi connectivity index (χ0) is 9.97. The molecule has 2 nitrogen and oxygen atoms in total. The maximum atomic E-state index is 6.08. The average Bonchev–Trinajstić information content (AvgIpc) is 2.14. The van der Waals surface area contributed by atoms with Crippen LogP contribution in [0.15, 0.2) is 0 Å². The first kappa shape index (κ1) is 10.8. The highest BCUT2D eigenvalue weighted by atomic mass is 32.2. The van der Waals surface area contributed by atoms with Crippen molar-refractivity contribution >= 4 is 11.8 Å². The van der Waals surface area contributed by atoms with Crippen LogP contribution in [0.5, 0.6) is 0 Å². The zero-order valence-electron chi connectivity index (χ0n) is 9.11. The maximum absolute atomic E-state index is 6.08. The molecule has 2 fully saturated rings. The highest BCUT2D eigenvalue weighted by molar-refractivity contribution is 7.98. The molecule has 0 radical (unpaired) electrons. The van der Waals surface area contributed by atoms with Gasteiger partial charge in [0.05, 0.1) is 0 Å². The molecule has 2 aliphatic rings. The van der Waals surface area contributed by atoms with Crippen LogP contribution < -0.4 is 5.73 Å². The second-order valence-electron chi connectivity index (χ2n) is 4.70. The third-order valence-electron chi connectivity index (χ3n) is 3.72. The summed E-state index contributed by atoms with van der Waals surface area (Å²) in [6.07, 6.45) is 8.89.